The summed E-state index contributed by atoms with van der Waals surface area (Å²) >= 11 is 0. The van der Waals surface area contributed by atoms with Gasteiger partial charge in [0, 0.05) is 44.8 Å². The summed E-state index contributed by atoms with van der Waals surface area (Å²) in [6, 6.07) is 7.19. The number of carbonyl (C=O) groups is 1. The summed E-state index contributed by atoms with van der Waals surface area (Å²) in [5.74, 6) is 0.518. The second kappa shape index (κ2) is 11.3. The number of benzene rings is 2. The van der Waals surface area contributed by atoms with Gasteiger partial charge >= 0.3 is 12.4 Å². The van der Waals surface area contributed by atoms with Crippen molar-refractivity contribution in [3.8, 4) is 0 Å². The number of amides is 1. The minimum atomic E-state index is -4.98. The summed E-state index contributed by atoms with van der Waals surface area (Å²) in [5.41, 5.74) is -2.39. The Balaban J connectivity index is 1.45. The molecule has 0 bridgehead atoms. The van der Waals surface area contributed by atoms with Crippen LogP contribution in [0.15, 0.2) is 42.5 Å². The van der Waals surface area contributed by atoms with E-state index in [1.807, 2.05) is 4.57 Å². The number of rotatable bonds is 5. The molecule has 5 rings (SSSR count). The molecule has 1 fully saturated rings. The van der Waals surface area contributed by atoms with Crippen molar-refractivity contribution in [1.82, 2.24) is 19.7 Å². The lowest BCUT2D eigenvalue weighted by atomic mass is 9.87. The molecular weight excluding hydrogens is 569 g/mol. The van der Waals surface area contributed by atoms with Crippen LogP contribution in [0.25, 0.3) is 0 Å². The van der Waals surface area contributed by atoms with Crippen LogP contribution in [0.2, 0.25) is 0 Å². The Labute approximate surface area is 237 Å². The van der Waals surface area contributed by atoms with E-state index in [2.05, 4.69) is 10.2 Å². The van der Waals surface area contributed by atoms with E-state index in [1.54, 1.807) is 17.0 Å². The number of ether oxygens (including phenoxy) is 1. The van der Waals surface area contributed by atoms with Gasteiger partial charge in [0.1, 0.15) is 17.5 Å². The Kier molecular flexibility index (Phi) is 8.08. The highest BCUT2D eigenvalue weighted by Gasteiger charge is 2.39. The fourth-order valence-electron chi connectivity index (χ4n) is 5.82. The third kappa shape index (κ3) is 6.30. The number of piperidine rings is 1. The maximum Gasteiger partial charge on any atom is 0.416 e. The molecule has 3 atom stereocenters. The molecule has 0 saturated carbocycles. The molecule has 6 nitrogen and oxygen atoms in total. The molecule has 1 aromatic heterocycles. The minimum absolute atomic E-state index is 0.00494. The molecule has 3 heterocycles. The predicted octanol–water partition coefficient (Wildman–Crippen LogP) is 6.67. The number of aromatic nitrogens is 3. The zero-order valence-electron chi connectivity index (χ0n) is 22.8. The van der Waals surface area contributed by atoms with Crippen LogP contribution in [0, 0.1) is 5.82 Å². The van der Waals surface area contributed by atoms with Crippen LogP contribution in [-0.2, 0) is 34.8 Å². The van der Waals surface area contributed by atoms with Gasteiger partial charge in [0.15, 0.2) is 0 Å². The number of halogens is 7. The van der Waals surface area contributed by atoms with E-state index in [4.69, 9.17) is 4.74 Å². The molecule has 0 aliphatic carbocycles. The highest BCUT2D eigenvalue weighted by molar-refractivity contribution is 5.73. The lowest BCUT2D eigenvalue weighted by Gasteiger charge is -2.36. The minimum Gasteiger partial charge on any atom is -0.369 e. The number of likely N-dealkylation sites (tertiary alicyclic amines) is 1. The van der Waals surface area contributed by atoms with E-state index < -0.39 is 47.4 Å². The van der Waals surface area contributed by atoms with Crippen molar-refractivity contribution in [2.24, 2.45) is 0 Å². The van der Waals surface area contributed by atoms with Crippen LogP contribution in [0.5, 0.6) is 0 Å². The number of fused-ring (bicyclic) bond motifs is 1. The standard InChI is InChI=1S/C29H29F7N4O2/c1-16(20-11-21(28(31,32)33)13-22(12-20)29(34,35)36)42-25-14-26-37-38-27(19-7-9-39(10-8-19)17(2)41)40(26)15-24(25)18-3-5-23(30)6-4-18/h3-6,11-13,16,19,24-25H,7-10,14-15H2,1-2H3/t16-,24-,25+/m1/s1. The van der Waals surface area contributed by atoms with Crippen LogP contribution in [0.4, 0.5) is 30.7 Å². The summed E-state index contributed by atoms with van der Waals surface area (Å²) in [6.07, 6.45) is -10.2. The smallest absolute Gasteiger partial charge is 0.369 e. The Hall–Kier alpha value is -3.48. The van der Waals surface area contributed by atoms with Crippen LogP contribution >= 0.6 is 0 Å². The number of hydrogen-bond donors (Lipinski definition) is 0. The molecule has 13 heteroatoms. The molecule has 1 saturated heterocycles. The average Bonchev–Trinajstić information content (AvgIpc) is 3.34. The fraction of sp³-hybridized carbons (Fsp3) is 0.483. The van der Waals surface area contributed by atoms with Gasteiger partial charge in [-0.2, -0.15) is 26.3 Å². The maximum absolute atomic E-state index is 13.8. The first-order chi connectivity index (χ1) is 19.7. The third-order valence-electron chi connectivity index (χ3n) is 8.13. The number of carbonyl (C=O) groups excluding carboxylic acids is 1. The van der Waals surface area contributed by atoms with Gasteiger partial charge in [-0.05, 0) is 61.2 Å². The summed E-state index contributed by atoms with van der Waals surface area (Å²) in [7, 11) is 0. The van der Waals surface area contributed by atoms with Crippen molar-refractivity contribution in [3.05, 3.63) is 82.2 Å². The van der Waals surface area contributed by atoms with Crippen molar-refractivity contribution < 1.29 is 40.3 Å². The van der Waals surface area contributed by atoms with E-state index in [1.165, 1.54) is 26.0 Å². The number of alkyl halides is 6. The second-order valence-corrected chi connectivity index (χ2v) is 10.9. The van der Waals surface area contributed by atoms with Crippen molar-refractivity contribution >= 4 is 5.91 Å². The molecule has 2 aliphatic rings. The maximum atomic E-state index is 13.8. The first-order valence-corrected chi connectivity index (χ1v) is 13.6. The first-order valence-electron chi connectivity index (χ1n) is 13.6. The van der Waals surface area contributed by atoms with Crippen LogP contribution < -0.4 is 0 Å². The summed E-state index contributed by atoms with van der Waals surface area (Å²) in [4.78, 5) is 13.5. The zero-order chi connectivity index (χ0) is 30.4. The fourth-order valence-corrected chi connectivity index (χ4v) is 5.82. The van der Waals surface area contributed by atoms with Crippen molar-refractivity contribution in [2.75, 3.05) is 13.1 Å². The Morgan fingerprint density at radius 2 is 1.55 bits per heavy atom. The van der Waals surface area contributed by atoms with Gasteiger partial charge in [-0.1, -0.05) is 12.1 Å². The number of hydrogen-bond acceptors (Lipinski definition) is 4. The average molecular weight is 599 g/mol. The van der Waals surface area contributed by atoms with Gasteiger partial charge in [0.05, 0.1) is 23.3 Å². The lowest BCUT2D eigenvalue weighted by molar-refractivity contribution is -0.143. The molecular formula is C29H29F7N4O2. The molecule has 226 valence electrons. The number of nitrogens with zero attached hydrogens (tertiary/aromatic N) is 4. The zero-order valence-corrected chi connectivity index (χ0v) is 22.8. The Bertz CT molecular complexity index is 1390. The van der Waals surface area contributed by atoms with Crippen molar-refractivity contribution in [1.29, 1.82) is 0 Å². The van der Waals surface area contributed by atoms with Crippen molar-refractivity contribution in [2.45, 2.75) is 76.1 Å². The van der Waals surface area contributed by atoms with Crippen LogP contribution in [-0.4, -0.2) is 44.8 Å². The van der Waals surface area contributed by atoms with E-state index in [0.717, 1.165) is 5.82 Å². The van der Waals surface area contributed by atoms with E-state index in [-0.39, 0.29) is 29.9 Å². The van der Waals surface area contributed by atoms with Gasteiger partial charge in [-0.25, -0.2) is 4.39 Å². The molecule has 3 aromatic rings. The summed E-state index contributed by atoms with van der Waals surface area (Å²) in [6.45, 7) is 4.43. The van der Waals surface area contributed by atoms with Crippen LogP contribution in [0.3, 0.4) is 0 Å². The van der Waals surface area contributed by atoms with E-state index in [9.17, 15) is 35.5 Å². The van der Waals surface area contributed by atoms with E-state index >= 15 is 0 Å². The highest BCUT2D eigenvalue weighted by Crippen LogP contribution is 2.40. The molecule has 2 aliphatic heterocycles. The topological polar surface area (TPSA) is 60.2 Å². The third-order valence-corrected chi connectivity index (χ3v) is 8.13. The molecule has 1 amide bonds. The summed E-state index contributed by atoms with van der Waals surface area (Å²) in [5, 5.41) is 8.77. The molecule has 42 heavy (non-hydrogen) atoms. The highest BCUT2D eigenvalue weighted by atomic mass is 19.4. The predicted molar refractivity (Wildman–Crippen MR) is 137 cm³/mol. The SMILES string of the molecule is CC(=O)N1CCC(c2nnc3n2C[C@H](c2ccc(F)cc2)[C@@H](O[C@H](C)c2cc(C(F)(F)F)cc(C(F)(F)F)c2)C3)CC1. The first kappa shape index (κ1) is 30.0. The quantitative estimate of drug-likeness (QED) is 0.308. The Morgan fingerprint density at radius 1 is 0.952 bits per heavy atom. The van der Waals surface area contributed by atoms with E-state index in [0.29, 0.717) is 56.0 Å². The molecule has 0 unspecified atom stereocenters. The second-order valence-electron chi connectivity index (χ2n) is 10.9. The monoisotopic (exact) mass is 598 g/mol. The molecule has 0 N–H and O–H groups in total. The van der Waals surface area contributed by atoms with Gasteiger partial charge in [-0.15, -0.1) is 10.2 Å². The largest absolute Gasteiger partial charge is 0.416 e. The van der Waals surface area contributed by atoms with Crippen molar-refractivity contribution in [3.63, 3.8) is 0 Å². The molecule has 0 spiro atoms. The van der Waals surface area contributed by atoms with Gasteiger partial charge in [-0.3, -0.25) is 4.79 Å². The normalized spacial score (nSPS) is 20.8. The lowest BCUT2D eigenvalue weighted by Crippen LogP contribution is -2.38. The Morgan fingerprint density at radius 3 is 2.10 bits per heavy atom. The molecule has 0 radical (unpaired) electrons. The van der Waals surface area contributed by atoms with Gasteiger partial charge in [0.25, 0.3) is 0 Å². The van der Waals surface area contributed by atoms with Gasteiger partial charge < -0.3 is 14.2 Å². The van der Waals surface area contributed by atoms with Crippen LogP contribution in [0.1, 0.15) is 78.5 Å². The molecule has 2 aromatic carbocycles. The van der Waals surface area contributed by atoms with Gasteiger partial charge in [0.2, 0.25) is 5.91 Å². The summed E-state index contributed by atoms with van der Waals surface area (Å²) < 4.78 is 103.